The minimum Gasteiger partial charge on any atom is -0.258 e. The fourth-order valence-electron chi connectivity index (χ4n) is 1.50. The van der Waals surface area contributed by atoms with Crippen LogP contribution in [0.1, 0.15) is 13.3 Å². The number of fused-ring (bicyclic) bond motifs is 1. The van der Waals surface area contributed by atoms with Gasteiger partial charge >= 0.3 is 0 Å². The van der Waals surface area contributed by atoms with Gasteiger partial charge in [-0.15, -0.1) is 5.10 Å². The third-order valence-electron chi connectivity index (χ3n) is 2.16. The molecule has 2 aromatic rings. The van der Waals surface area contributed by atoms with Gasteiger partial charge in [-0.1, -0.05) is 18.2 Å². The van der Waals surface area contributed by atoms with Crippen LogP contribution in [0.2, 0.25) is 0 Å². The molecule has 15 heavy (non-hydrogen) atoms. The van der Waals surface area contributed by atoms with E-state index in [1.165, 1.54) is 6.07 Å². The molecule has 0 saturated carbocycles. The minimum absolute atomic E-state index is 0.00912. The molecule has 0 saturated heterocycles. The summed E-state index contributed by atoms with van der Waals surface area (Å²) in [5, 5.41) is 18.4. The first-order valence-electron chi connectivity index (χ1n) is 4.70. The average molecular weight is 206 g/mol. The Morgan fingerprint density at radius 3 is 3.00 bits per heavy atom. The molecule has 0 aliphatic rings. The van der Waals surface area contributed by atoms with Gasteiger partial charge < -0.3 is 0 Å². The summed E-state index contributed by atoms with van der Waals surface area (Å²) in [6, 6.07) is 4.88. The highest BCUT2D eigenvalue weighted by molar-refractivity contribution is 5.83. The molecule has 1 heterocycles. The summed E-state index contributed by atoms with van der Waals surface area (Å²) in [6.07, 6.45) is 0.918. The average Bonchev–Trinajstić information content (AvgIpc) is 2.62. The van der Waals surface area contributed by atoms with Crippen LogP contribution in [0.5, 0.6) is 0 Å². The van der Waals surface area contributed by atoms with E-state index >= 15 is 0 Å². The molecule has 0 fully saturated rings. The smallest absolute Gasteiger partial charge is 0.258 e. The molecule has 6 heteroatoms. The molecule has 6 nitrogen and oxygen atoms in total. The van der Waals surface area contributed by atoms with Crippen molar-refractivity contribution in [2.75, 3.05) is 0 Å². The molecule has 0 radical (unpaired) electrons. The summed E-state index contributed by atoms with van der Waals surface area (Å²) < 4.78 is 1.68. The standard InChI is InChI=1S/C9H10N4O2/c1-2-6-12-7-4-3-5-8(13(14)15)9(7)10-11-12/h3-5H,2,6H2,1H3. The molecule has 0 aliphatic carbocycles. The van der Waals surface area contributed by atoms with Gasteiger partial charge in [-0.25, -0.2) is 4.68 Å². The van der Waals surface area contributed by atoms with E-state index in [2.05, 4.69) is 10.3 Å². The second kappa shape index (κ2) is 3.64. The molecular formula is C9H10N4O2. The van der Waals surface area contributed by atoms with Gasteiger partial charge in [-0.2, -0.15) is 0 Å². The van der Waals surface area contributed by atoms with Crippen molar-refractivity contribution in [1.29, 1.82) is 0 Å². The van der Waals surface area contributed by atoms with Crippen LogP contribution >= 0.6 is 0 Å². The summed E-state index contributed by atoms with van der Waals surface area (Å²) in [7, 11) is 0. The van der Waals surface area contributed by atoms with E-state index in [4.69, 9.17) is 0 Å². The van der Waals surface area contributed by atoms with E-state index in [1.807, 2.05) is 6.92 Å². The Labute approximate surface area is 85.7 Å². The zero-order valence-corrected chi connectivity index (χ0v) is 8.25. The molecule has 0 amide bonds. The van der Waals surface area contributed by atoms with Crippen molar-refractivity contribution >= 4 is 16.7 Å². The highest BCUT2D eigenvalue weighted by atomic mass is 16.6. The van der Waals surface area contributed by atoms with Gasteiger partial charge in [-0.3, -0.25) is 10.1 Å². The number of hydrogen-bond donors (Lipinski definition) is 0. The maximum absolute atomic E-state index is 10.7. The topological polar surface area (TPSA) is 73.8 Å². The number of nitro groups is 1. The number of nitro benzene ring substituents is 1. The number of aryl methyl sites for hydroxylation is 1. The van der Waals surface area contributed by atoms with Crippen LogP contribution in [0.15, 0.2) is 18.2 Å². The number of hydrogen-bond acceptors (Lipinski definition) is 4. The summed E-state index contributed by atoms with van der Waals surface area (Å²) in [6.45, 7) is 2.74. The van der Waals surface area contributed by atoms with Gasteiger partial charge in [-0.05, 0) is 12.5 Å². The van der Waals surface area contributed by atoms with Gasteiger partial charge in [0.05, 0.1) is 10.4 Å². The van der Waals surface area contributed by atoms with Crippen LogP contribution in [0.25, 0.3) is 11.0 Å². The first kappa shape index (κ1) is 9.57. The van der Waals surface area contributed by atoms with Gasteiger partial charge in [0.2, 0.25) is 0 Å². The zero-order valence-electron chi connectivity index (χ0n) is 8.25. The third-order valence-corrected chi connectivity index (χ3v) is 2.16. The molecule has 0 bridgehead atoms. The fraction of sp³-hybridized carbons (Fsp3) is 0.333. The Morgan fingerprint density at radius 1 is 1.53 bits per heavy atom. The van der Waals surface area contributed by atoms with E-state index in [1.54, 1.807) is 16.8 Å². The van der Waals surface area contributed by atoms with E-state index in [-0.39, 0.29) is 5.69 Å². The Balaban J connectivity index is 2.63. The van der Waals surface area contributed by atoms with Gasteiger partial charge in [0.15, 0.2) is 5.52 Å². The summed E-state index contributed by atoms with van der Waals surface area (Å²) in [4.78, 5) is 10.3. The highest BCUT2D eigenvalue weighted by Gasteiger charge is 2.15. The summed E-state index contributed by atoms with van der Waals surface area (Å²) in [5.41, 5.74) is 1.08. The second-order valence-electron chi connectivity index (χ2n) is 3.21. The predicted molar refractivity (Wildman–Crippen MR) is 54.5 cm³/mol. The largest absolute Gasteiger partial charge is 0.299 e. The molecule has 78 valence electrons. The molecule has 0 N–H and O–H groups in total. The van der Waals surface area contributed by atoms with Crippen molar-refractivity contribution < 1.29 is 4.92 Å². The van der Waals surface area contributed by atoms with E-state index in [0.29, 0.717) is 11.0 Å². The van der Waals surface area contributed by atoms with Crippen LogP contribution in [0.4, 0.5) is 5.69 Å². The summed E-state index contributed by atoms with van der Waals surface area (Å²) >= 11 is 0. The maximum Gasteiger partial charge on any atom is 0.299 e. The molecule has 1 aromatic carbocycles. The Bertz CT molecular complexity index is 506. The lowest BCUT2D eigenvalue weighted by atomic mass is 10.2. The van der Waals surface area contributed by atoms with Crippen LogP contribution < -0.4 is 0 Å². The van der Waals surface area contributed by atoms with Gasteiger partial charge in [0, 0.05) is 12.6 Å². The third kappa shape index (κ3) is 1.54. The Morgan fingerprint density at radius 2 is 2.33 bits per heavy atom. The quantitative estimate of drug-likeness (QED) is 0.566. The minimum atomic E-state index is -0.437. The van der Waals surface area contributed by atoms with Crippen LogP contribution in [-0.2, 0) is 6.54 Å². The van der Waals surface area contributed by atoms with Crippen molar-refractivity contribution in [1.82, 2.24) is 15.0 Å². The number of nitrogens with zero attached hydrogens (tertiary/aromatic N) is 4. The lowest BCUT2D eigenvalue weighted by molar-refractivity contribution is -0.383. The molecule has 1 aromatic heterocycles. The van der Waals surface area contributed by atoms with Crippen LogP contribution in [0, 0.1) is 10.1 Å². The number of benzene rings is 1. The van der Waals surface area contributed by atoms with E-state index in [9.17, 15) is 10.1 Å². The van der Waals surface area contributed by atoms with Crippen molar-refractivity contribution in [3.8, 4) is 0 Å². The number of non-ortho nitro benzene ring substituents is 1. The Kier molecular flexibility index (Phi) is 2.32. The SMILES string of the molecule is CCCn1nnc2c([N+](=O)[O-])cccc21. The first-order valence-corrected chi connectivity index (χ1v) is 4.70. The molecular weight excluding hydrogens is 196 g/mol. The second-order valence-corrected chi connectivity index (χ2v) is 3.21. The first-order chi connectivity index (χ1) is 7.24. The van der Waals surface area contributed by atoms with E-state index in [0.717, 1.165) is 13.0 Å². The van der Waals surface area contributed by atoms with Crippen molar-refractivity contribution in [2.24, 2.45) is 0 Å². The van der Waals surface area contributed by atoms with Crippen LogP contribution in [-0.4, -0.2) is 19.9 Å². The fourth-order valence-corrected chi connectivity index (χ4v) is 1.50. The predicted octanol–water partition coefficient (Wildman–Crippen LogP) is 1.75. The summed E-state index contributed by atoms with van der Waals surface area (Å²) in [5.74, 6) is 0. The lowest BCUT2D eigenvalue weighted by Gasteiger charge is -1.97. The zero-order chi connectivity index (χ0) is 10.8. The molecule has 0 spiro atoms. The van der Waals surface area contributed by atoms with Gasteiger partial charge in [0.25, 0.3) is 5.69 Å². The molecule has 0 aliphatic heterocycles. The van der Waals surface area contributed by atoms with Crippen molar-refractivity contribution in [3.05, 3.63) is 28.3 Å². The molecule has 0 atom stereocenters. The van der Waals surface area contributed by atoms with Crippen LogP contribution in [0.3, 0.4) is 0 Å². The van der Waals surface area contributed by atoms with E-state index < -0.39 is 4.92 Å². The highest BCUT2D eigenvalue weighted by Crippen LogP contribution is 2.22. The normalized spacial score (nSPS) is 10.7. The Hall–Kier alpha value is -1.98. The lowest BCUT2D eigenvalue weighted by Crippen LogP contribution is -1.98. The van der Waals surface area contributed by atoms with Crippen molar-refractivity contribution in [2.45, 2.75) is 19.9 Å². The number of aromatic nitrogens is 3. The van der Waals surface area contributed by atoms with Gasteiger partial charge in [0.1, 0.15) is 0 Å². The number of rotatable bonds is 3. The molecule has 0 unspecified atom stereocenters. The van der Waals surface area contributed by atoms with Crippen molar-refractivity contribution in [3.63, 3.8) is 0 Å². The maximum atomic E-state index is 10.7. The monoisotopic (exact) mass is 206 g/mol. The molecule has 2 rings (SSSR count).